The lowest BCUT2D eigenvalue weighted by Crippen LogP contribution is -2.46. The number of hydrogen-bond acceptors (Lipinski definition) is 16. The number of amides is 1. The number of unbranched alkanes of at least 4 members (excludes halogenated alkanes) is 20. The Morgan fingerprint density at radius 1 is 0.397 bits per heavy atom. The maximum atomic E-state index is 13.9. The zero-order chi connectivity index (χ0) is 56.9. The van der Waals surface area contributed by atoms with E-state index in [2.05, 4.69) is 32.6 Å². The highest BCUT2D eigenvalue weighted by atomic mass is 16.6. The number of carbonyl (C=O) groups excluding carboxylic acids is 7. The molecule has 0 aromatic carbocycles. The largest absolute Gasteiger partial charge is 0.465 e. The summed E-state index contributed by atoms with van der Waals surface area (Å²) in [4.78, 5) is 95.7. The summed E-state index contributed by atoms with van der Waals surface area (Å²) in [6.07, 6.45) is 27.0. The topological polar surface area (TPSA) is 211 Å². The van der Waals surface area contributed by atoms with Crippen LogP contribution in [0.4, 0.5) is 4.79 Å². The van der Waals surface area contributed by atoms with Crippen molar-refractivity contribution in [1.82, 2.24) is 9.80 Å². The summed E-state index contributed by atoms with van der Waals surface area (Å²) in [6.45, 7) is 10.1. The molecule has 78 heavy (non-hydrogen) atoms. The van der Waals surface area contributed by atoms with Crippen molar-refractivity contribution < 1.29 is 71.8 Å². The number of likely N-dealkylation sites (tertiary alicyclic amines) is 2. The lowest BCUT2D eigenvalue weighted by molar-refractivity contribution is -0.155. The molecule has 2 rings (SSSR count). The number of hydrogen-bond donors (Lipinski definition) is 1. The first-order chi connectivity index (χ1) is 37.9. The third-order valence-corrected chi connectivity index (χ3v) is 14.9. The monoisotopic (exact) mass is 1110 g/mol. The Labute approximate surface area is 470 Å². The number of esters is 6. The molecule has 17 heteroatoms. The van der Waals surface area contributed by atoms with E-state index in [9.17, 15) is 38.7 Å². The molecule has 0 unspecified atom stereocenters. The van der Waals surface area contributed by atoms with E-state index in [1.54, 1.807) is 0 Å². The Morgan fingerprint density at radius 2 is 0.718 bits per heavy atom. The summed E-state index contributed by atoms with van der Waals surface area (Å²) >= 11 is 0. The van der Waals surface area contributed by atoms with Crippen molar-refractivity contribution in [2.75, 3.05) is 65.9 Å². The van der Waals surface area contributed by atoms with Crippen LogP contribution in [0.3, 0.4) is 0 Å². The molecule has 2 atom stereocenters. The summed E-state index contributed by atoms with van der Waals surface area (Å²) in [6, 6.07) is -1.22. The van der Waals surface area contributed by atoms with Crippen LogP contribution in [0.15, 0.2) is 0 Å². The average Bonchev–Trinajstić information content (AvgIpc) is 3.85. The van der Waals surface area contributed by atoms with Gasteiger partial charge in [-0.25, -0.2) is 4.79 Å². The minimum atomic E-state index is -0.643. The Morgan fingerprint density at radius 3 is 1.05 bits per heavy atom. The maximum absolute atomic E-state index is 13.9. The van der Waals surface area contributed by atoms with Gasteiger partial charge in [0.25, 0.3) is 0 Å². The number of ether oxygens (including phenoxy) is 7. The van der Waals surface area contributed by atoms with E-state index in [1.807, 2.05) is 0 Å². The molecular weight excluding hydrogens is 1000 g/mol. The second-order valence-electron chi connectivity index (χ2n) is 22.1. The molecule has 0 aromatic rings. The highest BCUT2D eigenvalue weighted by Crippen LogP contribution is 2.27. The van der Waals surface area contributed by atoms with E-state index >= 15 is 0 Å². The van der Waals surface area contributed by atoms with E-state index in [1.165, 1.54) is 4.90 Å². The van der Waals surface area contributed by atoms with Crippen LogP contribution in [0.1, 0.15) is 252 Å². The summed E-state index contributed by atoms with van der Waals surface area (Å²) in [7, 11) is 0. The quantitative estimate of drug-likeness (QED) is 0.0341. The Balaban J connectivity index is 2.12. The zero-order valence-corrected chi connectivity index (χ0v) is 49.3. The molecule has 2 aliphatic rings. The Hall–Kier alpha value is -3.99. The summed E-state index contributed by atoms with van der Waals surface area (Å²) in [5, 5.41) is 9.93. The zero-order valence-electron chi connectivity index (χ0n) is 49.3. The third kappa shape index (κ3) is 36.3. The molecule has 0 spiro atoms. The number of carbonyl (C=O) groups is 7. The fourth-order valence-electron chi connectivity index (χ4n) is 9.88. The van der Waals surface area contributed by atoms with Crippen LogP contribution in [-0.2, 0) is 61.9 Å². The molecule has 0 radical (unpaired) electrons. The number of aliphatic hydroxyl groups excluding tert-OH is 1. The molecule has 2 aliphatic heterocycles. The van der Waals surface area contributed by atoms with Crippen LogP contribution in [0.2, 0.25) is 0 Å². The van der Waals surface area contributed by atoms with Gasteiger partial charge in [0, 0.05) is 57.2 Å². The molecule has 0 saturated carbocycles. The maximum Gasteiger partial charge on any atom is 0.410 e. The first-order valence-electron chi connectivity index (χ1n) is 31.2. The van der Waals surface area contributed by atoms with Crippen LogP contribution < -0.4 is 0 Å². The van der Waals surface area contributed by atoms with E-state index in [0.717, 1.165) is 142 Å². The van der Waals surface area contributed by atoms with Crippen LogP contribution >= 0.6 is 0 Å². The van der Waals surface area contributed by atoms with Gasteiger partial charge >= 0.3 is 41.9 Å². The Bertz CT molecular complexity index is 1450. The fourth-order valence-corrected chi connectivity index (χ4v) is 9.88. The van der Waals surface area contributed by atoms with E-state index in [-0.39, 0.29) is 115 Å². The highest BCUT2D eigenvalue weighted by molar-refractivity contribution is 5.73. The average molecular weight is 1110 g/mol. The minimum Gasteiger partial charge on any atom is -0.465 e. The van der Waals surface area contributed by atoms with Gasteiger partial charge in [-0.05, 0) is 57.8 Å². The van der Waals surface area contributed by atoms with Crippen molar-refractivity contribution in [1.29, 1.82) is 0 Å². The van der Waals surface area contributed by atoms with Crippen molar-refractivity contribution in [3.63, 3.8) is 0 Å². The molecule has 17 nitrogen and oxygen atoms in total. The van der Waals surface area contributed by atoms with Crippen molar-refractivity contribution >= 4 is 41.9 Å². The molecule has 0 aliphatic carbocycles. The van der Waals surface area contributed by atoms with E-state index in [0.29, 0.717) is 64.3 Å². The molecule has 0 bridgehead atoms. The van der Waals surface area contributed by atoms with Gasteiger partial charge in [0.1, 0.15) is 13.2 Å². The first kappa shape index (κ1) is 70.1. The normalized spacial score (nSPS) is 15.9. The first-order valence-corrected chi connectivity index (χ1v) is 31.2. The van der Waals surface area contributed by atoms with Crippen molar-refractivity contribution in [3.8, 4) is 0 Å². The van der Waals surface area contributed by atoms with Gasteiger partial charge in [0.15, 0.2) is 0 Å². The second kappa shape index (κ2) is 46.7. The van der Waals surface area contributed by atoms with Gasteiger partial charge in [-0.15, -0.1) is 0 Å². The Kier molecular flexibility index (Phi) is 42.0. The molecule has 1 amide bonds. The predicted molar refractivity (Wildman–Crippen MR) is 300 cm³/mol. The van der Waals surface area contributed by atoms with Crippen molar-refractivity contribution in [2.45, 2.75) is 271 Å². The number of piperidine rings is 1. The van der Waals surface area contributed by atoms with Crippen LogP contribution in [0.25, 0.3) is 0 Å². The molecule has 0 aromatic heterocycles. The number of rotatable bonds is 48. The van der Waals surface area contributed by atoms with Gasteiger partial charge in [-0.2, -0.15) is 0 Å². The molecule has 2 heterocycles. The van der Waals surface area contributed by atoms with Gasteiger partial charge in [0.05, 0.1) is 64.1 Å². The van der Waals surface area contributed by atoms with Crippen LogP contribution in [0, 0.1) is 11.8 Å². The summed E-state index contributed by atoms with van der Waals surface area (Å²) in [5.74, 6) is -3.99. The minimum absolute atomic E-state index is 0.120. The molecule has 2 saturated heterocycles. The van der Waals surface area contributed by atoms with Gasteiger partial charge in [-0.1, -0.05) is 156 Å². The highest BCUT2D eigenvalue weighted by Gasteiger charge is 2.40. The molecular formula is C61H108N2O15. The van der Waals surface area contributed by atoms with E-state index in [4.69, 9.17) is 33.2 Å². The summed E-state index contributed by atoms with van der Waals surface area (Å²) < 4.78 is 39.8. The number of aliphatic hydroxyl groups is 1. The standard InChI is InChI=1S/C61H108N2O15/c1-5-9-13-17-21-25-30-55(65)73-44-50(45-74-56(66)31-26-22-18-14-10-6-2)42-59(69)77-48-52-34-35-53(63(52)61(71)72-41-29-38-62-39-36-54(64)37-40-62)49-78-60(70)43-51(46-75-57(67)32-27-23-19-15-11-7-3)47-76-58(68)33-28-24-20-16-12-8-4/h50-54,64H,5-49H2,1-4H3/t52-,53+. The van der Waals surface area contributed by atoms with Gasteiger partial charge < -0.3 is 43.2 Å². The smallest absolute Gasteiger partial charge is 0.410 e. The lowest BCUT2D eigenvalue weighted by atomic mass is 10.1. The van der Waals surface area contributed by atoms with Crippen molar-refractivity contribution in [2.24, 2.45) is 11.8 Å². The SMILES string of the molecule is CCCCCCCCC(=O)OCC(COC(=O)CCCCCCCC)CC(=O)OC[C@H]1CC[C@@H](COC(=O)CC(COC(=O)CCCCCCCC)COC(=O)CCCCCCCC)N1C(=O)OCCCN1CCC(O)CC1. The summed E-state index contributed by atoms with van der Waals surface area (Å²) in [5.41, 5.74) is 0. The third-order valence-electron chi connectivity index (χ3n) is 14.9. The molecule has 452 valence electrons. The van der Waals surface area contributed by atoms with Gasteiger partial charge in [-0.3, -0.25) is 33.7 Å². The van der Waals surface area contributed by atoms with Gasteiger partial charge in [0.2, 0.25) is 0 Å². The molecule has 2 fully saturated rings. The van der Waals surface area contributed by atoms with Crippen molar-refractivity contribution in [3.05, 3.63) is 0 Å². The molecule has 1 N–H and O–H groups in total. The van der Waals surface area contributed by atoms with E-state index < -0.39 is 42.0 Å². The second-order valence-corrected chi connectivity index (χ2v) is 22.1. The number of nitrogens with zero attached hydrogens (tertiary/aromatic N) is 2. The fraction of sp³-hybridized carbons (Fsp3) is 0.885. The predicted octanol–water partition coefficient (Wildman–Crippen LogP) is 12.1. The van der Waals surface area contributed by atoms with Crippen LogP contribution in [0.5, 0.6) is 0 Å². The van der Waals surface area contributed by atoms with Crippen LogP contribution in [-0.4, -0.2) is 141 Å². The lowest BCUT2D eigenvalue weighted by Gasteiger charge is -2.30.